The third-order valence-electron chi connectivity index (χ3n) is 7.69. The number of carbonyl (C=O) groups is 2. The van der Waals surface area contributed by atoms with Crippen molar-refractivity contribution >= 4 is 51.8 Å². The molecule has 4 unspecified atom stereocenters. The van der Waals surface area contributed by atoms with Gasteiger partial charge < -0.3 is 14.7 Å². The highest BCUT2D eigenvalue weighted by molar-refractivity contribution is 7.87. The first-order valence-electron chi connectivity index (χ1n) is 14.3. The van der Waals surface area contributed by atoms with Gasteiger partial charge in [0.2, 0.25) is 0 Å². The zero-order chi connectivity index (χ0) is 30.5. The second-order valence-electron chi connectivity index (χ2n) is 10.9. The summed E-state index contributed by atoms with van der Waals surface area (Å²) < 4.78 is 35.7. The number of morpholine rings is 1. The van der Waals surface area contributed by atoms with Crippen molar-refractivity contribution in [1.29, 1.82) is 0 Å². The Morgan fingerprint density at radius 2 is 1.60 bits per heavy atom. The summed E-state index contributed by atoms with van der Waals surface area (Å²) in [5, 5.41) is 10.7. The number of aliphatic carboxylic acids is 1. The van der Waals surface area contributed by atoms with E-state index in [2.05, 4.69) is 0 Å². The number of halogens is 3. The lowest BCUT2D eigenvalue weighted by atomic mass is 9.97. The number of carboxylic acids is 1. The van der Waals surface area contributed by atoms with E-state index < -0.39 is 47.2 Å². The van der Waals surface area contributed by atoms with Crippen LogP contribution in [0.1, 0.15) is 43.7 Å². The Morgan fingerprint density at radius 3 is 2.16 bits per heavy atom. The molecule has 3 fully saturated rings. The van der Waals surface area contributed by atoms with E-state index in [1.54, 1.807) is 39.5 Å². The molecule has 3 aliphatic rings. The van der Waals surface area contributed by atoms with E-state index in [9.17, 15) is 23.3 Å². The molecule has 7 nitrogen and oxygen atoms in total. The second kappa shape index (κ2) is 14.2. The van der Waals surface area contributed by atoms with Gasteiger partial charge in [-0.05, 0) is 73.6 Å². The molecular weight excluding hydrogens is 614 g/mol. The van der Waals surface area contributed by atoms with Crippen LogP contribution in [0.3, 0.4) is 0 Å². The molecule has 4 atom stereocenters. The zero-order valence-corrected chi connectivity index (χ0v) is 25.7. The summed E-state index contributed by atoms with van der Waals surface area (Å²) in [6, 6.07) is 22.0. The summed E-state index contributed by atoms with van der Waals surface area (Å²) in [5.74, 6) is -1.86. The molecule has 6 rings (SSSR count). The van der Waals surface area contributed by atoms with Gasteiger partial charge in [0.1, 0.15) is 22.9 Å². The average molecular weight is 648 g/mol. The van der Waals surface area contributed by atoms with Gasteiger partial charge in [-0.3, -0.25) is 13.9 Å². The summed E-state index contributed by atoms with van der Waals surface area (Å²) in [6.45, 7) is 0.310. The Morgan fingerprint density at radius 1 is 0.977 bits per heavy atom. The van der Waals surface area contributed by atoms with Gasteiger partial charge in [-0.2, -0.15) is 0 Å². The van der Waals surface area contributed by atoms with Gasteiger partial charge in [-0.25, -0.2) is 8.60 Å². The van der Waals surface area contributed by atoms with Gasteiger partial charge in [-0.15, -0.1) is 0 Å². The Balaban J connectivity index is 0.000000463. The molecule has 1 N–H and O–H groups in total. The standard InChI is InChI=1S/C26H28ClFN2O5S.C6H5Cl/c27-18-9-7-17(8-10-18)23-15-35-24(13-25(31)32)26(33)30(23)22(16-5-6-16)14-29(36(34)19-11-12-19)21-4-2-1-3-20(21)28;7-6-4-2-1-3-5-6/h1-4,7-10,16,19,22-24H,5-6,11-15H2,(H,31,32);1-5H. The van der Waals surface area contributed by atoms with Crippen molar-refractivity contribution < 1.29 is 28.0 Å². The first-order chi connectivity index (χ1) is 20.7. The predicted molar refractivity (Wildman–Crippen MR) is 166 cm³/mol. The van der Waals surface area contributed by atoms with E-state index in [0.29, 0.717) is 5.02 Å². The van der Waals surface area contributed by atoms with Crippen LogP contribution < -0.4 is 4.31 Å². The van der Waals surface area contributed by atoms with Crippen molar-refractivity contribution in [2.45, 2.75) is 55.5 Å². The third-order valence-corrected chi connectivity index (χ3v) is 10.0. The number of hydrogen-bond acceptors (Lipinski definition) is 4. The molecule has 1 heterocycles. The molecule has 43 heavy (non-hydrogen) atoms. The lowest BCUT2D eigenvalue weighted by Gasteiger charge is -2.45. The summed E-state index contributed by atoms with van der Waals surface area (Å²) in [6.07, 6.45) is 1.85. The minimum atomic E-state index is -1.45. The van der Waals surface area contributed by atoms with Crippen LogP contribution in [0.4, 0.5) is 10.1 Å². The van der Waals surface area contributed by atoms with Crippen molar-refractivity contribution in [2.75, 3.05) is 17.5 Å². The van der Waals surface area contributed by atoms with Crippen LogP contribution in [-0.2, 0) is 25.3 Å². The largest absolute Gasteiger partial charge is 0.481 e. The van der Waals surface area contributed by atoms with Crippen LogP contribution in [0.2, 0.25) is 10.0 Å². The van der Waals surface area contributed by atoms with Crippen LogP contribution in [0, 0.1) is 11.7 Å². The Bertz CT molecular complexity index is 1440. The minimum absolute atomic E-state index is 0.0309. The predicted octanol–water partition coefficient (Wildman–Crippen LogP) is 6.67. The maximum atomic E-state index is 14.9. The maximum Gasteiger partial charge on any atom is 0.306 e. The number of amides is 1. The molecule has 1 saturated heterocycles. The van der Waals surface area contributed by atoms with Gasteiger partial charge in [0, 0.05) is 10.0 Å². The molecule has 11 heteroatoms. The fourth-order valence-corrected chi connectivity index (χ4v) is 7.03. The number of rotatable bonds is 10. The van der Waals surface area contributed by atoms with Gasteiger partial charge >= 0.3 is 5.97 Å². The van der Waals surface area contributed by atoms with Gasteiger partial charge in [0.25, 0.3) is 5.91 Å². The van der Waals surface area contributed by atoms with Gasteiger partial charge in [-0.1, -0.05) is 65.7 Å². The van der Waals surface area contributed by atoms with E-state index in [1.165, 1.54) is 6.07 Å². The molecule has 3 aromatic carbocycles. The molecule has 2 aliphatic carbocycles. The summed E-state index contributed by atoms with van der Waals surface area (Å²) in [7, 11) is -1.45. The number of anilines is 1. The molecule has 1 amide bonds. The van der Waals surface area contributed by atoms with Crippen molar-refractivity contribution in [3.8, 4) is 0 Å². The highest BCUT2D eigenvalue weighted by atomic mass is 35.5. The molecular formula is C32H33Cl2FN2O5S. The number of carbonyl (C=O) groups excluding carboxylic acids is 1. The van der Waals surface area contributed by atoms with E-state index in [0.717, 1.165) is 36.3 Å². The van der Waals surface area contributed by atoms with Crippen molar-refractivity contribution in [1.82, 2.24) is 4.90 Å². The quantitative estimate of drug-likeness (QED) is 0.266. The Kier molecular flexibility index (Phi) is 10.4. The second-order valence-corrected chi connectivity index (χ2v) is 13.5. The van der Waals surface area contributed by atoms with Crippen LogP contribution in [0.25, 0.3) is 0 Å². The molecule has 228 valence electrons. The van der Waals surface area contributed by atoms with E-state index in [4.69, 9.17) is 27.9 Å². The van der Waals surface area contributed by atoms with Crippen molar-refractivity contribution in [2.24, 2.45) is 5.92 Å². The Hall–Kier alpha value is -2.98. The van der Waals surface area contributed by atoms with Gasteiger partial charge in [0.05, 0.1) is 42.6 Å². The molecule has 0 bridgehead atoms. The summed E-state index contributed by atoms with van der Waals surface area (Å²) in [5.41, 5.74) is 1.06. The van der Waals surface area contributed by atoms with Crippen LogP contribution in [0.15, 0.2) is 78.9 Å². The molecule has 2 saturated carbocycles. The average Bonchev–Trinajstić information content (AvgIpc) is 3.91. The monoisotopic (exact) mass is 646 g/mol. The number of hydrogen-bond donors (Lipinski definition) is 1. The van der Waals surface area contributed by atoms with E-state index in [-0.39, 0.29) is 36.0 Å². The van der Waals surface area contributed by atoms with Crippen LogP contribution in [0.5, 0.6) is 0 Å². The first-order valence-corrected chi connectivity index (χ1v) is 16.2. The number of para-hydroxylation sites is 1. The van der Waals surface area contributed by atoms with Gasteiger partial charge in [0.15, 0.2) is 0 Å². The number of carboxylic acid groups (broad SMARTS) is 1. The molecule has 1 aliphatic heterocycles. The molecule has 0 aromatic heterocycles. The number of ether oxygens (including phenoxy) is 1. The smallest absolute Gasteiger partial charge is 0.306 e. The lowest BCUT2D eigenvalue weighted by Crippen LogP contribution is -2.58. The highest BCUT2D eigenvalue weighted by Crippen LogP contribution is 2.43. The summed E-state index contributed by atoms with van der Waals surface area (Å²) in [4.78, 5) is 26.9. The minimum Gasteiger partial charge on any atom is -0.481 e. The lowest BCUT2D eigenvalue weighted by molar-refractivity contribution is -0.169. The number of benzene rings is 3. The molecule has 0 radical (unpaired) electrons. The van der Waals surface area contributed by atoms with Crippen LogP contribution >= 0.6 is 23.2 Å². The number of nitrogens with zero attached hydrogens (tertiary/aromatic N) is 2. The Labute approximate surface area is 263 Å². The van der Waals surface area contributed by atoms with Crippen molar-refractivity contribution in [3.63, 3.8) is 0 Å². The zero-order valence-electron chi connectivity index (χ0n) is 23.4. The van der Waals surface area contributed by atoms with Crippen molar-refractivity contribution in [3.05, 3.63) is 100 Å². The fourth-order valence-electron chi connectivity index (χ4n) is 5.22. The fraction of sp³-hybridized carbons (Fsp3) is 0.375. The highest BCUT2D eigenvalue weighted by Gasteiger charge is 2.48. The first kappa shape index (κ1) is 31.4. The maximum absolute atomic E-state index is 14.9. The van der Waals surface area contributed by atoms with E-state index in [1.807, 2.05) is 42.5 Å². The SMILES string of the molecule is Clc1ccccc1.O=C(O)CC1OCC(c2ccc(Cl)cc2)N(C(CN(c2ccccc2F)S(=O)C2CC2)C2CC2)C1=O. The summed E-state index contributed by atoms with van der Waals surface area (Å²) >= 11 is 11.6. The van der Waals surface area contributed by atoms with E-state index >= 15 is 0 Å². The normalized spacial score (nSPS) is 21.4. The molecule has 0 spiro atoms. The topological polar surface area (TPSA) is 87.2 Å². The third kappa shape index (κ3) is 8.15. The van der Waals surface area contributed by atoms with Crippen LogP contribution in [-0.4, -0.2) is 56.6 Å². The molecule has 3 aromatic rings.